The molecule has 5 heteroatoms. The van der Waals surface area contributed by atoms with Gasteiger partial charge in [-0.05, 0) is 56.6 Å². The summed E-state index contributed by atoms with van der Waals surface area (Å²) in [5.74, 6) is 1.11. The van der Waals surface area contributed by atoms with Crippen molar-refractivity contribution in [1.82, 2.24) is 15.0 Å². The maximum absolute atomic E-state index is 5.19. The van der Waals surface area contributed by atoms with Crippen LogP contribution in [0, 0.1) is 0 Å². The third-order valence-electron chi connectivity index (χ3n) is 6.58. The fraction of sp³-hybridized carbons (Fsp3) is 0.375. The molecule has 1 fully saturated rings. The maximum atomic E-state index is 5.19. The highest BCUT2D eigenvalue weighted by Crippen LogP contribution is 2.44. The Labute approximate surface area is 174 Å². The number of hydrogen-bond donors (Lipinski definition) is 0. The Balaban J connectivity index is 1.62. The third kappa shape index (κ3) is 2.67. The summed E-state index contributed by atoms with van der Waals surface area (Å²) in [6, 6.07) is 11.2. The zero-order valence-electron chi connectivity index (χ0n) is 16.7. The number of benzene rings is 1. The lowest BCUT2D eigenvalue weighted by Crippen LogP contribution is -2.38. The molecule has 29 heavy (non-hydrogen) atoms. The number of hydrogen-bond acceptors (Lipinski definition) is 5. The molecule has 1 atom stereocenters. The number of fused-ring (bicyclic) bond motifs is 5. The van der Waals surface area contributed by atoms with Crippen molar-refractivity contribution in [2.75, 3.05) is 11.4 Å². The third-order valence-corrected chi connectivity index (χ3v) is 7.64. The highest BCUT2D eigenvalue weighted by molar-refractivity contribution is 7.26. The first-order valence-corrected chi connectivity index (χ1v) is 11.5. The lowest BCUT2D eigenvalue weighted by molar-refractivity contribution is 0.482. The average Bonchev–Trinajstić information content (AvgIpc) is 3.38. The number of pyridine rings is 1. The Kier molecular flexibility index (Phi) is 4.05. The molecule has 1 aromatic carbocycles. The number of nitrogens with zero attached hydrogens (tertiary/aromatic N) is 4. The minimum atomic E-state index is 0.533. The van der Waals surface area contributed by atoms with Crippen LogP contribution in [-0.4, -0.2) is 27.5 Å². The van der Waals surface area contributed by atoms with Gasteiger partial charge < -0.3 is 4.90 Å². The summed E-state index contributed by atoms with van der Waals surface area (Å²) >= 11 is 1.78. The van der Waals surface area contributed by atoms with Crippen LogP contribution in [0.25, 0.3) is 31.7 Å². The largest absolute Gasteiger partial charge is 0.353 e. The van der Waals surface area contributed by atoms with E-state index in [1.54, 1.807) is 17.7 Å². The van der Waals surface area contributed by atoms with Crippen LogP contribution in [0.15, 0.2) is 36.7 Å². The van der Waals surface area contributed by atoms with E-state index in [1.165, 1.54) is 52.5 Å². The van der Waals surface area contributed by atoms with Crippen LogP contribution in [0.5, 0.6) is 0 Å². The monoisotopic (exact) mass is 400 g/mol. The lowest BCUT2D eigenvalue weighted by atomic mass is 10.0. The van der Waals surface area contributed by atoms with E-state index >= 15 is 0 Å². The molecule has 1 unspecified atom stereocenters. The first-order valence-electron chi connectivity index (χ1n) is 10.7. The molecule has 0 bridgehead atoms. The predicted octanol–water partition coefficient (Wildman–Crippen LogP) is 5.77. The van der Waals surface area contributed by atoms with Gasteiger partial charge in [0.2, 0.25) is 0 Å². The molecule has 2 aliphatic rings. The van der Waals surface area contributed by atoms with Crippen molar-refractivity contribution in [3.8, 4) is 11.3 Å². The number of aryl methyl sites for hydroxylation is 1. The Morgan fingerprint density at radius 3 is 2.72 bits per heavy atom. The van der Waals surface area contributed by atoms with Crippen molar-refractivity contribution in [2.24, 2.45) is 0 Å². The number of piperidine rings is 1. The minimum absolute atomic E-state index is 0.533. The second-order valence-corrected chi connectivity index (χ2v) is 9.33. The van der Waals surface area contributed by atoms with E-state index in [0.717, 1.165) is 41.2 Å². The highest BCUT2D eigenvalue weighted by Gasteiger charge is 2.27. The first kappa shape index (κ1) is 17.3. The zero-order chi connectivity index (χ0) is 19.4. The molecular formula is C24H24N4S. The molecule has 1 aliphatic carbocycles. The predicted molar refractivity (Wildman–Crippen MR) is 121 cm³/mol. The molecular weight excluding hydrogens is 376 g/mol. The van der Waals surface area contributed by atoms with Gasteiger partial charge in [-0.3, -0.25) is 0 Å². The van der Waals surface area contributed by atoms with Crippen LogP contribution in [0.2, 0.25) is 0 Å². The van der Waals surface area contributed by atoms with Gasteiger partial charge in [0.1, 0.15) is 17.0 Å². The zero-order valence-corrected chi connectivity index (χ0v) is 17.5. The summed E-state index contributed by atoms with van der Waals surface area (Å²) in [7, 11) is 0. The van der Waals surface area contributed by atoms with Gasteiger partial charge in [0, 0.05) is 23.5 Å². The molecule has 0 radical (unpaired) electrons. The summed E-state index contributed by atoms with van der Waals surface area (Å²) in [6.07, 6.45) is 8.99. The Hall–Kier alpha value is -2.53. The molecule has 6 rings (SSSR count). The molecule has 0 saturated carbocycles. The van der Waals surface area contributed by atoms with Crippen molar-refractivity contribution >= 4 is 37.6 Å². The smallest absolute Gasteiger partial charge is 0.150 e. The molecule has 4 aromatic rings. The van der Waals surface area contributed by atoms with E-state index in [4.69, 9.17) is 15.0 Å². The molecule has 0 spiro atoms. The Bertz CT molecular complexity index is 1210. The second kappa shape index (κ2) is 6.77. The van der Waals surface area contributed by atoms with Crippen LogP contribution < -0.4 is 4.90 Å². The van der Waals surface area contributed by atoms with Crippen molar-refractivity contribution in [3.05, 3.63) is 47.8 Å². The summed E-state index contributed by atoms with van der Waals surface area (Å²) < 4.78 is 1.21. The van der Waals surface area contributed by atoms with Crippen LogP contribution in [0.1, 0.15) is 43.7 Å². The average molecular weight is 401 g/mol. The van der Waals surface area contributed by atoms with Gasteiger partial charge in [-0.25, -0.2) is 15.0 Å². The van der Waals surface area contributed by atoms with Crippen LogP contribution in [0.4, 0.5) is 5.82 Å². The molecule has 4 heterocycles. The fourth-order valence-corrected chi connectivity index (χ4v) is 6.30. The quantitative estimate of drug-likeness (QED) is 0.428. The number of rotatable bonds is 2. The molecule has 0 amide bonds. The van der Waals surface area contributed by atoms with Gasteiger partial charge in [-0.15, -0.1) is 11.3 Å². The Morgan fingerprint density at radius 2 is 1.86 bits per heavy atom. The van der Waals surface area contributed by atoms with Gasteiger partial charge >= 0.3 is 0 Å². The van der Waals surface area contributed by atoms with Gasteiger partial charge in [0.25, 0.3) is 0 Å². The van der Waals surface area contributed by atoms with Crippen molar-refractivity contribution in [1.29, 1.82) is 0 Å². The van der Waals surface area contributed by atoms with Gasteiger partial charge in [-0.1, -0.05) is 30.3 Å². The Morgan fingerprint density at radius 1 is 1.00 bits per heavy atom. The van der Waals surface area contributed by atoms with Crippen LogP contribution in [-0.2, 0) is 12.8 Å². The molecule has 0 N–H and O–H groups in total. The molecule has 146 valence electrons. The standard InChI is InChI=1S/C24H24N4S/c1-15-8-5-6-13-28(15)23-22-21(25-14-26-23)19-17-11-7-12-18(17)20(27-24(19)29-22)16-9-3-2-4-10-16/h2-4,9-10,14-15H,5-8,11-13H2,1H3. The van der Waals surface area contributed by atoms with Crippen LogP contribution >= 0.6 is 11.3 Å². The summed E-state index contributed by atoms with van der Waals surface area (Å²) in [5, 5.41) is 1.28. The van der Waals surface area contributed by atoms with Gasteiger partial charge in [-0.2, -0.15) is 0 Å². The molecule has 3 aromatic heterocycles. The highest BCUT2D eigenvalue weighted by atomic mass is 32.1. The van der Waals surface area contributed by atoms with E-state index in [9.17, 15) is 0 Å². The summed E-state index contributed by atoms with van der Waals surface area (Å²) in [4.78, 5) is 18.3. The topological polar surface area (TPSA) is 41.9 Å². The number of thiophene rings is 1. The normalized spacial score (nSPS) is 19.2. The van der Waals surface area contributed by atoms with Crippen molar-refractivity contribution < 1.29 is 0 Å². The van der Waals surface area contributed by atoms with E-state index < -0.39 is 0 Å². The van der Waals surface area contributed by atoms with E-state index in [2.05, 4.69) is 42.2 Å². The van der Waals surface area contributed by atoms with Crippen molar-refractivity contribution in [3.63, 3.8) is 0 Å². The van der Waals surface area contributed by atoms with E-state index in [0.29, 0.717) is 6.04 Å². The molecule has 1 aliphatic heterocycles. The maximum Gasteiger partial charge on any atom is 0.150 e. The fourth-order valence-electron chi connectivity index (χ4n) is 5.14. The van der Waals surface area contributed by atoms with E-state index in [-0.39, 0.29) is 0 Å². The minimum Gasteiger partial charge on any atom is -0.353 e. The van der Waals surface area contributed by atoms with Crippen molar-refractivity contribution in [2.45, 2.75) is 51.5 Å². The molecule has 4 nitrogen and oxygen atoms in total. The SMILES string of the molecule is CC1CCCCN1c1ncnc2c1sc1nc(-c3ccccc3)c3c(c12)CCC3. The van der Waals surface area contributed by atoms with Crippen LogP contribution in [0.3, 0.4) is 0 Å². The van der Waals surface area contributed by atoms with Gasteiger partial charge in [0.05, 0.1) is 15.9 Å². The van der Waals surface area contributed by atoms with E-state index in [1.807, 2.05) is 0 Å². The first-order chi connectivity index (χ1) is 14.3. The lowest BCUT2D eigenvalue weighted by Gasteiger charge is -2.34. The number of anilines is 1. The van der Waals surface area contributed by atoms with Gasteiger partial charge in [0.15, 0.2) is 0 Å². The number of aromatic nitrogens is 3. The summed E-state index contributed by atoms with van der Waals surface area (Å²) in [6.45, 7) is 3.41. The second-order valence-electron chi connectivity index (χ2n) is 8.33. The summed E-state index contributed by atoms with van der Waals surface area (Å²) in [5.41, 5.74) is 6.39. The molecule has 1 saturated heterocycles.